The van der Waals surface area contributed by atoms with E-state index in [9.17, 15) is 4.79 Å². The highest BCUT2D eigenvalue weighted by atomic mass is 79.9. The van der Waals surface area contributed by atoms with E-state index in [1.807, 2.05) is 0 Å². The summed E-state index contributed by atoms with van der Waals surface area (Å²) < 4.78 is 6.63. The molecule has 0 aromatic carbocycles. The lowest BCUT2D eigenvalue weighted by Gasteiger charge is -2.27. The molecule has 1 aliphatic rings. The average molecular weight is 393 g/mol. The predicted molar refractivity (Wildman–Crippen MR) is 82.2 cm³/mol. The van der Waals surface area contributed by atoms with Crippen molar-refractivity contribution >= 4 is 37.8 Å². The van der Waals surface area contributed by atoms with Crippen molar-refractivity contribution in [1.29, 1.82) is 0 Å². The number of furan rings is 1. The standard InChI is InChI=1S/C14H19Br2NO2/c1-2-9-3-5-10(6-4-9)8-17-14(18)12-7-11(15)13(16)19-12/h7,9-10H,2-6,8H2,1H3,(H,17,18). The first kappa shape index (κ1) is 15.1. The molecule has 2 rings (SSSR count). The number of hydrogen-bond acceptors (Lipinski definition) is 2. The first-order valence-corrected chi connectivity index (χ1v) is 8.41. The SMILES string of the molecule is CCC1CCC(CNC(=O)c2cc(Br)c(Br)o2)CC1. The molecule has 19 heavy (non-hydrogen) atoms. The molecule has 1 N–H and O–H groups in total. The molecule has 0 aliphatic heterocycles. The van der Waals surface area contributed by atoms with E-state index in [1.165, 1.54) is 32.1 Å². The Balaban J connectivity index is 1.78. The van der Waals surface area contributed by atoms with Gasteiger partial charge in [0.05, 0.1) is 4.47 Å². The summed E-state index contributed by atoms with van der Waals surface area (Å²) in [6.07, 6.45) is 6.34. The molecule has 0 bridgehead atoms. The minimum Gasteiger partial charge on any atom is -0.443 e. The van der Waals surface area contributed by atoms with Crippen LogP contribution in [-0.4, -0.2) is 12.5 Å². The van der Waals surface area contributed by atoms with Crippen LogP contribution in [0.25, 0.3) is 0 Å². The highest BCUT2D eigenvalue weighted by molar-refractivity contribution is 9.13. The van der Waals surface area contributed by atoms with Crippen LogP contribution >= 0.6 is 31.9 Å². The van der Waals surface area contributed by atoms with Crippen molar-refractivity contribution < 1.29 is 9.21 Å². The average Bonchev–Trinajstić information content (AvgIpc) is 2.77. The lowest BCUT2D eigenvalue weighted by molar-refractivity contribution is 0.0912. The summed E-state index contributed by atoms with van der Waals surface area (Å²) in [6, 6.07) is 1.69. The van der Waals surface area contributed by atoms with E-state index < -0.39 is 0 Å². The maximum atomic E-state index is 11.9. The van der Waals surface area contributed by atoms with Gasteiger partial charge in [-0.15, -0.1) is 0 Å². The van der Waals surface area contributed by atoms with Crippen molar-refractivity contribution in [2.75, 3.05) is 6.54 Å². The van der Waals surface area contributed by atoms with E-state index in [2.05, 4.69) is 44.1 Å². The topological polar surface area (TPSA) is 42.2 Å². The summed E-state index contributed by atoms with van der Waals surface area (Å²) in [7, 11) is 0. The van der Waals surface area contributed by atoms with Gasteiger partial charge in [0.25, 0.3) is 5.91 Å². The van der Waals surface area contributed by atoms with Crippen LogP contribution in [-0.2, 0) is 0 Å². The van der Waals surface area contributed by atoms with E-state index in [0.717, 1.165) is 16.9 Å². The smallest absolute Gasteiger partial charge is 0.287 e. The Bertz CT molecular complexity index is 417. The zero-order valence-electron chi connectivity index (χ0n) is 11.0. The van der Waals surface area contributed by atoms with Gasteiger partial charge in [-0.3, -0.25) is 4.79 Å². The first-order valence-electron chi connectivity index (χ1n) is 6.83. The molecule has 1 aromatic rings. The second-order valence-corrected chi connectivity index (χ2v) is 6.81. The summed E-state index contributed by atoms with van der Waals surface area (Å²) >= 11 is 6.54. The normalized spacial score (nSPS) is 23.3. The van der Waals surface area contributed by atoms with Crippen LogP contribution in [0.1, 0.15) is 49.6 Å². The van der Waals surface area contributed by atoms with Gasteiger partial charge < -0.3 is 9.73 Å². The first-order chi connectivity index (χ1) is 9.10. The number of amides is 1. The molecular weight excluding hydrogens is 374 g/mol. The predicted octanol–water partition coefficient (Wildman–Crippen LogP) is 4.75. The zero-order chi connectivity index (χ0) is 13.8. The van der Waals surface area contributed by atoms with Crippen LogP contribution < -0.4 is 5.32 Å². The molecular formula is C14H19Br2NO2. The van der Waals surface area contributed by atoms with E-state index >= 15 is 0 Å². The van der Waals surface area contributed by atoms with E-state index in [1.54, 1.807) is 6.07 Å². The minimum atomic E-state index is -0.135. The third-order valence-electron chi connectivity index (χ3n) is 3.96. The third kappa shape index (κ3) is 4.09. The Morgan fingerprint density at radius 2 is 1.95 bits per heavy atom. The van der Waals surface area contributed by atoms with Crippen molar-refractivity contribution in [2.45, 2.75) is 39.0 Å². The van der Waals surface area contributed by atoms with Gasteiger partial charge >= 0.3 is 0 Å². The Morgan fingerprint density at radius 3 is 2.47 bits per heavy atom. The van der Waals surface area contributed by atoms with Crippen molar-refractivity contribution in [3.05, 3.63) is 21.0 Å². The van der Waals surface area contributed by atoms with Crippen molar-refractivity contribution in [1.82, 2.24) is 5.32 Å². The lowest BCUT2D eigenvalue weighted by atomic mass is 9.81. The van der Waals surface area contributed by atoms with Gasteiger partial charge in [0.15, 0.2) is 10.4 Å². The van der Waals surface area contributed by atoms with Gasteiger partial charge in [0, 0.05) is 12.6 Å². The molecule has 0 atom stereocenters. The van der Waals surface area contributed by atoms with Gasteiger partial charge in [0.2, 0.25) is 0 Å². The number of carbonyl (C=O) groups is 1. The molecule has 3 nitrogen and oxygen atoms in total. The Morgan fingerprint density at radius 1 is 1.32 bits per heavy atom. The summed E-state index contributed by atoms with van der Waals surface area (Å²) in [5, 5.41) is 2.97. The fraction of sp³-hybridized carbons (Fsp3) is 0.643. The molecule has 1 amide bonds. The fourth-order valence-electron chi connectivity index (χ4n) is 2.63. The van der Waals surface area contributed by atoms with Gasteiger partial charge in [-0.25, -0.2) is 0 Å². The highest BCUT2D eigenvalue weighted by Gasteiger charge is 2.21. The van der Waals surface area contributed by atoms with Crippen molar-refractivity contribution in [3.8, 4) is 0 Å². The number of hydrogen-bond donors (Lipinski definition) is 1. The van der Waals surface area contributed by atoms with Crippen molar-refractivity contribution in [2.24, 2.45) is 11.8 Å². The molecule has 0 saturated heterocycles. The van der Waals surface area contributed by atoms with Crippen LogP contribution in [0, 0.1) is 11.8 Å². The van der Waals surface area contributed by atoms with E-state index in [0.29, 0.717) is 16.3 Å². The second-order valence-electron chi connectivity index (χ2n) is 5.24. The Hall–Kier alpha value is -0.290. The number of rotatable bonds is 4. The molecule has 106 valence electrons. The second kappa shape index (κ2) is 6.93. The maximum Gasteiger partial charge on any atom is 0.287 e. The number of carbonyl (C=O) groups excluding carboxylic acids is 1. The Labute approximate surface area is 130 Å². The molecule has 1 aromatic heterocycles. The van der Waals surface area contributed by atoms with Crippen LogP contribution in [0.15, 0.2) is 19.6 Å². The van der Waals surface area contributed by atoms with Gasteiger partial charge in [0.1, 0.15) is 0 Å². The molecule has 1 heterocycles. The Kier molecular flexibility index (Phi) is 5.51. The zero-order valence-corrected chi connectivity index (χ0v) is 14.2. The number of halogens is 2. The van der Waals surface area contributed by atoms with Crippen LogP contribution in [0.2, 0.25) is 0 Å². The minimum absolute atomic E-state index is 0.135. The maximum absolute atomic E-state index is 11.9. The van der Waals surface area contributed by atoms with Gasteiger partial charge in [-0.05, 0) is 56.5 Å². The molecule has 1 aliphatic carbocycles. The highest BCUT2D eigenvalue weighted by Crippen LogP contribution is 2.30. The largest absolute Gasteiger partial charge is 0.443 e. The summed E-state index contributed by atoms with van der Waals surface area (Å²) in [4.78, 5) is 11.9. The monoisotopic (exact) mass is 391 g/mol. The fourth-order valence-corrected chi connectivity index (χ4v) is 3.20. The third-order valence-corrected chi connectivity index (χ3v) is 5.67. The van der Waals surface area contributed by atoms with Gasteiger partial charge in [-0.1, -0.05) is 26.2 Å². The van der Waals surface area contributed by atoms with E-state index in [-0.39, 0.29) is 5.91 Å². The molecule has 0 unspecified atom stereocenters. The lowest BCUT2D eigenvalue weighted by Crippen LogP contribution is -2.31. The molecule has 1 saturated carbocycles. The molecule has 0 radical (unpaired) electrons. The van der Waals surface area contributed by atoms with Crippen LogP contribution in [0.5, 0.6) is 0 Å². The quantitative estimate of drug-likeness (QED) is 0.803. The van der Waals surface area contributed by atoms with Crippen LogP contribution in [0.3, 0.4) is 0 Å². The summed E-state index contributed by atoms with van der Waals surface area (Å²) in [5.41, 5.74) is 0. The van der Waals surface area contributed by atoms with Crippen LogP contribution in [0.4, 0.5) is 0 Å². The van der Waals surface area contributed by atoms with E-state index in [4.69, 9.17) is 4.42 Å². The molecule has 1 fully saturated rings. The number of nitrogens with one attached hydrogen (secondary N) is 1. The molecule has 5 heteroatoms. The van der Waals surface area contributed by atoms with Crippen molar-refractivity contribution in [3.63, 3.8) is 0 Å². The molecule has 0 spiro atoms. The summed E-state index contributed by atoms with van der Waals surface area (Å²) in [5.74, 6) is 1.72. The summed E-state index contributed by atoms with van der Waals surface area (Å²) in [6.45, 7) is 3.02. The van der Waals surface area contributed by atoms with Gasteiger partial charge in [-0.2, -0.15) is 0 Å².